The van der Waals surface area contributed by atoms with Gasteiger partial charge in [0.2, 0.25) is 11.8 Å². The van der Waals surface area contributed by atoms with E-state index < -0.39 is 0 Å². The van der Waals surface area contributed by atoms with E-state index in [2.05, 4.69) is 56.2 Å². The summed E-state index contributed by atoms with van der Waals surface area (Å²) in [6.45, 7) is 4.46. The summed E-state index contributed by atoms with van der Waals surface area (Å²) in [7, 11) is 2.00. The molecule has 0 amide bonds. The van der Waals surface area contributed by atoms with Crippen molar-refractivity contribution in [3.05, 3.63) is 40.0 Å². The smallest absolute Gasteiger partial charge is 0.235 e. The van der Waals surface area contributed by atoms with Crippen LogP contribution in [0.15, 0.2) is 27.1 Å². The molecule has 0 bridgehead atoms. The van der Waals surface area contributed by atoms with E-state index in [1.165, 1.54) is 5.56 Å². The molecule has 0 saturated carbocycles. The van der Waals surface area contributed by atoms with E-state index >= 15 is 0 Å². The van der Waals surface area contributed by atoms with Crippen molar-refractivity contribution in [1.82, 2.24) is 10.2 Å². The molecular formula is C12H14BrN3O. The van der Waals surface area contributed by atoms with Crippen LogP contribution in [-0.4, -0.2) is 17.2 Å². The summed E-state index contributed by atoms with van der Waals surface area (Å²) in [5, 5.41) is 7.80. The minimum Gasteiger partial charge on any atom is -0.424 e. The topological polar surface area (TPSA) is 42.2 Å². The van der Waals surface area contributed by atoms with Gasteiger partial charge in [0.1, 0.15) is 0 Å². The zero-order valence-electron chi connectivity index (χ0n) is 10.1. The van der Waals surface area contributed by atoms with Crippen LogP contribution in [-0.2, 0) is 6.54 Å². The molecular weight excluding hydrogens is 282 g/mol. The van der Waals surface area contributed by atoms with Crippen LogP contribution in [0.2, 0.25) is 0 Å². The van der Waals surface area contributed by atoms with Crippen LogP contribution < -0.4 is 4.90 Å². The predicted molar refractivity (Wildman–Crippen MR) is 70.0 cm³/mol. The Balaban J connectivity index is 2.17. The quantitative estimate of drug-likeness (QED) is 0.873. The maximum Gasteiger partial charge on any atom is 0.235 e. The summed E-state index contributed by atoms with van der Waals surface area (Å²) in [5.74, 6) is 1.22. The molecule has 0 saturated heterocycles. The zero-order valence-corrected chi connectivity index (χ0v) is 11.7. The largest absolute Gasteiger partial charge is 0.424 e. The Kier molecular flexibility index (Phi) is 3.47. The molecule has 0 aliphatic carbocycles. The van der Waals surface area contributed by atoms with Crippen molar-refractivity contribution >= 4 is 21.6 Å². The number of nitrogens with zero attached hydrogens (tertiary/aromatic N) is 3. The first kappa shape index (κ1) is 12.1. The molecule has 0 radical (unpaired) electrons. The second-order valence-corrected chi connectivity index (χ2v) is 4.88. The number of benzene rings is 1. The molecule has 4 nitrogen and oxygen atoms in total. The summed E-state index contributed by atoms with van der Waals surface area (Å²) in [6, 6.07) is 6.24. The van der Waals surface area contributed by atoms with E-state index in [1.54, 1.807) is 6.92 Å². The van der Waals surface area contributed by atoms with Crippen molar-refractivity contribution in [2.75, 3.05) is 11.9 Å². The van der Waals surface area contributed by atoms with Gasteiger partial charge in [-0.2, -0.15) is 0 Å². The third kappa shape index (κ3) is 2.85. The number of aromatic nitrogens is 2. The first-order chi connectivity index (χ1) is 8.06. The van der Waals surface area contributed by atoms with E-state index in [1.807, 2.05) is 7.05 Å². The average Bonchev–Trinajstić information content (AvgIpc) is 2.63. The minimum atomic E-state index is 0.594. The van der Waals surface area contributed by atoms with Gasteiger partial charge in [0.25, 0.3) is 0 Å². The monoisotopic (exact) mass is 295 g/mol. The second-order valence-electron chi connectivity index (χ2n) is 4.03. The molecule has 5 heteroatoms. The van der Waals surface area contributed by atoms with Crippen molar-refractivity contribution in [3.63, 3.8) is 0 Å². The Hall–Kier alpha value is -1.36. The third-order valence-electron chi connectivity index (χ3n) is 2.45. The number of anilines is 1. The zero-order chi connectivity index (χ0) is 12.4. The SMILES string of the molecule is Cc1ccc(N(C)Cc2nnc(C)o2)c(Br)c1. The van der Waals surface area contributed by atoms with E-state index in [4.69, 9.17) is 4.42 Å². The van der Waals surface area contributed by atoms with Gasteiger partial charge < -0.3 is 9.32 Å². The first-order valence-corrected chi connectivity index (χ1v) is 6.12. The molecule has 2 rings (SSSR count). The third-order valence-corrected chi connectivity index (χ3v) is 3.09. The lowest BCUT2D eigenvalue weighted by atomic mass is 10.2. The minimum absolute atomic E-state index is 0.594. The van der Waals surface area contributed by atoms with Crippen LogP contribution in [0, 0.1) is 13.8 Å². The van der Waals surface area contributed by atoms with Gasteiger partial charge in [-0.05, 0) is 40.5 Å². The molecule has 0 N–H and O–H groups in total. The standard InChI is InChI=1S/C12H14BrN3O/c1-8-4-5-11(10(13)6-8)16(3)7-12-15-14-9(2)17-12/h4-6H,7H2,1-3H3. The molecule has 0 spiro atoms. The lowest BCUT2D eigenvalue weighted by molar-refractivity contribution is 0.466. The Morgan fingerprint density at radius 1 is 1.29 bits per heavy atom. The number of hydrogen-bond acceptors (Lipinski definition) is 4. The predicted octanol–water partition coefficient (Wildman–Crippen LogP) is 3.09. The van der Waals surface area contributed by atoms with Crippen molar-refractivity contribution in [2.45, 2.75) is 20.4 Å². The number of rotatable bonds is 3. The molecule has 0 atom stereocenters. The molecule has 1 aromatic carbocycles. The maximum atomic E-state index is 5.36. The highest BCUT2D eigenvalue weighted by atomic mass is 79.9. The highest BCUT2D eigenvalue weighted by Crippen LogP contribution is 2.27. The Bertz CT molecular complexity index is 524. The number of hydrogen-bond donors (Lipinski definition) is 0. The summed E-state index contributed by atoms with van der Waals surface area (Å²) in [5.41, 5.74) is 2.33. The molecule has 0 aliphatic heterocycles. The van der Waals surface area contributed by atoms with Crippen LogP contribution in [0.25, 0.3) is 0 Å². The lowest BCUT2D eigenvalue weighted by Crippen LogP contribution is -2.17. The maximum absolute atomic E-state index is 5.36. The van der Waals surface area contributed by atoms with Crippen LogP contribution in [0.5, 0.6) is 0 Å². The van der Waals surface area contributed by atoms with Crippen LogP contribution in [0.1, 0.15) is 17.3 Å². The summed E-state index contributed by atoms with van der Waals surface area (Å²) >= 11 is 3.56. The fraction of sp³-hybridized carbons (Fsp3) is 0.333. The summed E-state index contributed by atoms with van der Waals surface area (Å²) in [4.78, 5) is 2.07. The first-order valence-electron chi connectivity index (χ1n) is 5.32. The highest BCUT2D eigenvalue weighted by Gasteiger charge is 2.10. The number of halogens is 1. The van der Waals surface area contributed by atoms with Gasteiger partial charge >= 0.3 is 0 Å². The van der Waals surface area contributed by atoms with Crippen molar-refractivity contribution < 1.29 is 4.42 Å². The van der Waals surface area contributed by atoms with Gasteiger partial charge in [-0.3, -0.25) is 0 Å². The number of aryl methyl sites for hydroxylation is 2. The highest BCUT2D eigenvalue weighted by molar-refractivity contribution is 9.10. The van der Waals surface area contributed by atoms with Crippen LogP contribution in [0.3, 0.4) is 0 Å². The van der Waals surface area contributed by atoms with Gasteiger partial charge in [0.15, 0.2) is 0 Å². The molecule has 2 aromatic rings. The van der Waals surface area contributed by atoms with Gasteiger partial charge in [0.05, 0.1) is 12.2 Å². The normalized spacial score (nSPS) is 10.6. The summed E-state index contributed by atoms with van der Waals surface area (Å²) in [6.07, 6.45) is 0. The van der Waals surface area contributed by atoms with E-state index in [0.29, 0.717) is 18.3 Å². The van der Waals surface area contributed by atoms with Crippen LogP contribution >= 0.6 is 15.9 Å². The average molecular weight is 296 g/mol. The Morgan fingerprint density at radius 3 is 2.65 bits per heavy atom. The van der Waals surface area contributed by atoms with Gasteiger partial charge in [-0.15, -0.1) is 10.2 Å². The van der Waals surface area contributed by atoms with Gasteiger partial charge in [-0.1, -0.05) is 6.07 Å². The van der Waals surface area contributed by atoms with E-state index in [-0.39, 0.29) is 0 Å². The van der Waals surface area contributed by atoms with Gasteiger partial charge in [-0.25, -0.2) is 0 Å². The molecule has 0 aliphatic rings. The Labute approximate surface area is 109 Å². The molecule has 90 valence electrons. The lowest BCUT2D eigenvalue weighted by Gasteiger charge is -2.18. The second kappa shape index (κ2) is 4.87. The Morgan fingerprint density at radius 2 is 2.06 bits per heavy atom. The molecule has 0 unspecified atom stereocenters. The van der Waals surface area contributed by atoms with Crippen LogP contribution in [0.4, 0.5) is 5.69 Å². The molecule has 0 fully saturated rings. The molecule has 1 heterocycles. The fourth-order valence-corrected chi connectivity index (χ4v) is 2.41. The van der Waals surface area contributed by atoms with Crippen molar-refractivity contribution in [3.8, 4) is 0 Å². The fourth-order valence-electron chi connectivity index (χ4n) is 1.61. The molecule has 1 aromatic heterocycles. The van der Waals surface area contributed by atoms with E-state index in [0.717, 1.165) is 10.2 Å². The van der Waals surface area contributed by atoms with Crippen molar-refractivity contribution in [1.29, 1.82) is 0 Å². The molecule has 17 heavy (non-hydrogen) atoms. The summed E-state index contributed by atoms with van der Waals surface area (Å²) < 4.78 is 6.43. The van der Waals surface area contributed by atoms with Gasteiger partial charge in [0, 0.05) is 18.4 Å². The van der Waals surface area contributed by atoms with E-state index in [9.17, 15) is 0 Å². The van der Waals surface area contributed by atoms with Crippen molar-refractivity contribution in [2.24, 2.45) is 0 Å².